The largest absolute Gasteiger partial charge is 0.365 e. The van der Waals surface area contributed by atoms with Gasteiger partial charge >= 0.3 is 0 Å². The molecule has 4 aromatic rings. The fourth-order valence-electron chi connectivity index (χ4n) is 2.52. The van der Waals surface area contributed by atoms with Crippen LogP contribution in [-0.2, 0) is 6.54 Å². The fourth-order valence-corrected chi connectivity index (χ4v) is 2.52. The van der Waals surface area contributed by atoms with Crippen molar-refractivity contribution in [3.8, 4) is 17.1 Å². The number of nitrogens with zero attached hydrogens (tertiary/aromatic N) is 5. The second-order valence-corrected chi connectivity index (χ2v) is 5.48. The van der Waals surface area contributed by atoms with Gasteiger partial charge in [-0.3, -0.25) is 9.55 Å². The topological polar surface area (TPSA) is 68.5 Å². The van der Waals surface area contributed by atoms with Gasteiger partial charge in [0.1, 0.15) is 12.1 Å². The molecule has 8 heteroatoms. The first-order chi connectivity index (χ1) is 12.4. The van der Waals surface area contributed by atoms with Crippen LogP contribution >= 0.6 is 24.8 Å². The number of hydrogen-bond acceptors (Lipinski definition) is 5. The van der Waals surface area contributed by atoms with Crippen LogP contribution in [0.1, 0.15) is 5.56 Å². The maximum atomic E-state index is 4.68. The van der Waals surface area contributed by atoms with Crippen LogP contribution in [0.5, 0.6) is 0 Å². The second-order valence-electron chi connectivity index (χ2n) is 5.48. The molecular weight excluding hydrogens is 383 g/mol. The van der Waals surface area contributed by atoms with Crippen molar-refractivity contribution >= 4 is 30.6 Å². The molecule has 4 rings (SSSR count). The molecule has 0 spiro atoms. The van der Waals surface area contributed by atoms with Gasteiger partial charge in [0.05, 0.1) is 0 Å². The Balaban J connectivity index is 0.00000131. The highest BCUT2D eigenvalue weighted by molar-refractivity contribution is 5.85. The summed E-state index contributed by atoms with van der Waals surface area (Å²) in [6.07, 6.45) is 10.6. The van der Waals surface area contributed by atoms with E-state index in [1.807, 2.05) is 48.9 Å². The highest BCUT2D eigenvalue weighted by Crippen LogP contribution is 2.26. The number of pyridine rings is 1. The van der Waals surface area contributed by atoms with Crippen LogP contribution in [0.25, 0.3) is 17.1 Å². The number of hydrogen-bond donors (Lipinski definition) is 1. The lowest BCUT2D eigenvalue weighted by atomic mass is 10.1. The molecule has 0 aliphatic heterocycles. The van der Waals surface area contributed by atoms with E-state index in [0.29, 0.717) is 12.5 Å². The van der Waals surface area contributed by atoms with Crippen LogP contribution in [0.3, 0.4) is 0 Å². The molecule has 138 valence electrons. The molecule has 0 atom stereocenters. The molecule has 1 aromatic carbocycles. The predicted octanol–water partition coefficient (Wildman–Crippen LogP) is 4.18. The molecule has 1 N–H and O–H groups in total. The van der Waals surface area contributed by atoms with E-state index in [0.717, 1.165) is 16.9 Å². The van der Waals surface area contributed by atoms with Crippen molar-refractivity contribution in [3.05, 3.63) is 85.3 Å². The number of imidazole rings is 1. The summed E-state index contributed by atoms with van der Waals surface area (Å²) < 4.78 is 1.78. The van der Waals surface area contributed by atoms with Gasteiger partial charge < -0.3 is 5.32 Å². The third kappa shape index (κ3) is 4.81. The van der Waals surface area contributed by atoms with Crippen molar-refractivity contribution in [1.29, 1.82) is 0 Å². The number of benzene rings is 1. The number of aromatic nitrogens is 5. The van der Waals surface area contributed by atoms with Gasteiger partial charge in [-0.2, -0.15) is 4.98 Å². The van der Waals surface area contributed by atoms with Gasteiger partial charge in [0, 0.05) is 48.7 Å². The van der Waals surface area contributed by atoms with Gasteiger partial charge in [-0.15, -0.1) is 24.8 Å². The first-order valence-corrected chi connectivity index (χ1v) is 7.94. The Hall–Kier alpha value is -2.96. The summed E-state index contributed by atoms with van der Waals surface area (Å²) in [5.41, 5.74) is 3.06. The first-order valence-electron chi connectivity index (χ1n) is 7.94. The van der Waals surface area contributed by atoms with Crippen molar-refractivity contribution in [3.63, 3.8) is 0 Å². The summed E-state index contributed by atoms with van der Waals surface area (Å²) in [6, 6.07) is 14.1. The summed E-state index contributed by atoms with van der Waals surface area (Å²) in [5.74, 6) is 1.33. The Morgan fingerprint density at radius 3 is 2.44 bits per heavy atom. The average Bonchev–Trinajstić information content (AvgIpc) is 3.22. The maximum absolute atomic E-state index is 4.68. The molecule has 0 aliphatic rings. The van der Waals surface area contributed by atoms with E-state index in [2.05, 4.69) is 37.4 Å². The van der Waals surface area contributed by atoms with E-state index in [9.17, 15) is 0 Å². The van der Waals surface area contributed by atoms with Gasteiger partial charge in [-0.05, 0) is 11.6 Å². The highest BCUT2D eigenvalue weighted by Gasteiger charge is 2.10. The summed E-state index contributed by atoms with van der Waals surface area (Å²) in [7, 11) is 0. The summed E-state index contributed by atoms with van der Waals surface area (Å²) in [6.45, 7) is 0.675. The molecule has 3 aromatic heterocycles. The van der Waals surface area contributed by atoms with Gasteiger partial charge in [0.15, 0.2) is 0 Å². The zero-order valence-electron chi connectivity index (χ0n) is 14.3. The fraction of sp³-hybridized carbons (Fsp3) is 0.0526. The smallest absolute Gasteiger partial charge is 0.236 e. The molecule has 0 amide bonds. The predicted molar refractivity (Wildman–Crippen MR) is 111 cm³/mol. The van der Waals surface area contributed by atoms with Gasteiger partial charge in [0.25, 0.3) is 0 Å². The number of anilines is 1. The minimum absolute atomic E-state index is 0. The zero-order chi connectivity index (χ0) is 16.9. The average molecular weight is 401 g/mol. The Kier molecular flexibility index (Phi) is 7.28. The first kappa shape index (κ1) is 20.4. The summed E-state index contributed by atoms with van der Waals surface area (Å²) in [4.78, 5) is 17.4. The van der Waals surface area contributed by atoms with E-state index in [1.165, 1.54) is 5.56 Å². The minimum atomic E-state index is 0. The van der Waals surface area contributed by atoms with Crippen molar-refractivity contribution in [2.75, 3.05) is 5.32 Å². The standard InChI is InChI=1S/C19H16N6.2ClH/c1-2-5-15(6-3-1)11-22-18-17(16-7-4-8-20-12-16)13-23-19(24-18)25-10-9-21-14-25;;/h1-10,12-14H,11H2,(H,22,23,24);2*1H. The Bertz CT molecular complexity index is 947. The molecule has 27 heavy (non-hydrogen) atoms. The van der Waals surface area contributed by atoms with Gasteiger partial charge in [-0.1, -0.05) is 36.4 Å². The number of halogens is 2. The van der Waals surface area contributed by atoms with Crippen LogP contribution in [0.15, 0.2) is 79.8 Å². The third-order valence-electron chi connectivity index (χ3n) is 3.79. The Morgan fingerprint density at radius 1 is 0.889 bits per heavy atom. The normalized spacial score (nSPS) is 9.78. The van der Waals surface area contributed by atoms with Crippen LogP contribution in [0.2, 0.25) is 0 Å². The third-order valence-corrected chi connectivity index (χ3v) is 3.79. The molecule has 0 aliphatic carbocycles. The lowest BCUT2D eigenvalue weighted by molar-refractivity contribution is 0.922. The summed E-state index contributed by atoms with van der Waals surface area (Å²) in [5, 5.41) is 3.42. The molecule has 0 fully saturated rings. The number of nitrogens with one attached hydrogen (secondary N) is 1. The van der Waals surface area contributed by atoms with Crippen LogP contribution in [0.4, 0.5) is 5.82 Å². The maximum Gasteiger partial charge on any atom is 0.236 e. The minimum Gasteiger partial charge on any atom is -0.365 e. The van der Waals surface area contributed by atoms with Gasteiger partial charge in [0.2, 0.25) is 5.95 Å². The van der Waals surface area contributed by atoms with Crippen molar-refractivity contribution in [2.24, 2.45) is 0 Å². The van der Waals surface area contributed by atoms with E-state index in [1.54, 1.807) is 23.3 Å². The molecule has 3 heterocycles. The summed E-state index contributed by atoms with van der Waals surface area (Å²) >= 11 is 0. The molecule has 0 saturated carbocycles. The SMILES string of the molecule is Cl.Cl.c1ccc(CNc2nc(-n3ccnc3)ncc2-c2cccnc2)cc1. The van der Waals surface area contributed by atoms with E-state index < -0.39 is 0 Å². The molecule has 0 unspecified atom stereocenters. The molecule has 0 radical (unpaired) electrons. The number of rotatable bonds is 5. The highest BCUT2D eigenvalue weighted by atomic mass is 35.5. The van der Waals surface area contributed by atoms with E-state index in [-0.39, 0.29) is 24.8 Å². The van der Waals surface area contributed by atoms with Crippen LogP contribution in [-0.4, -0.2) is 24.5 Å². The molecule has 6 nitrogen and oxygen atoms in total. The lowest BCUT2D eigenvalue weighted by Gasteiger charge is -2.12. The lowest BCUT2D eigenvalue weighted by Crippen LogP contribution is -2.07. The van der Waals surface area contributed by atoms with Crippen molar-refractivity contribution in [2.45, 2.75) is 6.54 Å². The monoisotopic (exact) mass is 400 g/mol. The van der Waals surface area contributed by atoms with Crippen LogP contribution in [0, 0.1) is 0 Å². The van der Waals surface area contributed by atoms with E-state index in [4.69, 9.17) is 0 Å². The van der Waals surface area contributed by atoms with Crippen molar-refractivity contribution < 1.29 is 0 Å². The van der Waals surface area contributed by atoms with Crippen LogP contribution < -0.4 is 5.32 Å². The van der Waals surface area contributed by atoms with E-state index >= 15 is 0 Å². The molecule has 0 bridgehead atoms. The quantitative estimate of drug-likeness (QED) is 0.544. The Morgan fingerprint density at radius 2 is 1.74 bits per heavy atom. The Labute approximate surface area is 169 Å². The molecular formula is C19H18Cl2N6. The second kappa shape index (κ2) is 9.66. The molecule has 0 saturated heterocycles. The zero-order valence-corrected chi connectivity index (χ0v) is 15.9. The van der Waals surface area contributed by atoms with Crippen molar-refractivity contribution in [1.82, 2.24) is 24.5 Å². The van der Waals surface area contributed by atoms with Gasteiger partial charge in [-0.25, -0.2) is 9.97 Å².